The van der Waals surface area contributed by atoms with E-state index in [1.54, 1.807) is 11.3 Å². The molecule has 0 aliphatic heterocycles. The van der Waals surface area contributed by atoms with Crippen LogP contribution in [0.5, 0.6) is 0 Å². The molecule has 20 heavy (non-hydrogen) atoms. The van der Waals surface area contributed by atoms with E-state index >= 15 is 0 Å². The van der Waals surface area contributed by atoms with Crippen LogP contribution in [0, 0.1) is 5.92 Å². The largest absolute Gasteiger partial charge is 0.338 e. The van der Waals surface area contributed by atoms with Crippen molar-refractivity contribution >= 4 is 33.3 Å². The SMILES string of the molecule is CC1CCCC(N(C)C(=O)NCCc2ccc(Br)s2)C1. The Morgan fingerprint density at radius 3 is 2.95 bits per heavy atom. The predicted octanol–water partition coefficient (Wildman–Crippen LogP) is 4.27. The van der Waals surface area contributed by atoms with E-state index in [1.165, 1.54) is 17.7 Å². The lowest BCUT2D eigenvalue weighted by atomic mass is 9.86. The van der Waals surface area contributed by atoms with Crippen molar-refractivity contribution in [3.05, 3.63) is 20.8 Å². The van der Waals surface area contributed by atoms with Crippen molar-refractivity contribution in [2.45, 2.75) is 45.1 Å². The maximum atomic E-state index is 12.2. The number of hydrogen-bond acceptors (Lipinski definition) is 2. The number of amides is 2. The predicted molar refractivity (Wildman–Crippen MR) is 88.3 cm³/mol. The molecule has 1 aliphatic rings. The molecule has 1 saturated carbocycles. The van der Waals surface area contributed by atoms with E-state index in [1.807, 2.05) is 11.9 Å². The summed E-state index contributed by atoms with van der Waals surface area (Å²) in [5, 5.41) is 3.03. The highest BCUT2D eigenvalue weighted by Crippen LogP contribution is 2.26. The standard InChI is InChI=1S/C15H23BrN2OS/c1-11-4-3-5-12(10-11)18(2)15(19)17-9-8-13-6-7-14(16)20-13/h6-7,11-12H,3-5,8-10H2,1-2H3,(H,17,19). The van der Waals surface area contributed by atoms with Crippen molar-refractivity contribution in [1.29, 1.82) is 0 Å². The summed E-state index contributed by atoms with van der Waals surface area (Å²) in [5.74, 6) is 0.743. The maximum Gasteiger partial charge on any atom is 0.317 e. The van der Waals surface area contributed by atoms with Gasteiger partial charge in [0.05, 0.1) is 3.79 Å². The Bertz CT molecular complexity index is 449. The second-order valence-electron chi connectivity index (χ2n) is 5.72. The van der Waals surface area contributed by atoms with E-state index < -0.39 is 0 Å². The summed E-state index contributed by atoms with van der Waals surface area (Å²) >= 11 is 5.18. The second-order valence-corrected chi connectivity index (χ2v) is 8.27. The van der Waals surface area contributed by atoms with Gasteiger partial charge in [0, 0.05) is 24.5 Å². The number of nitrogens with one attached hydrogen (secondary N) is 1. The number of carbonyl (C=O) groups excluding carboxylic acids is 1. The van der Waals surface area contributed by atoms with Crippen LogP contribution in [0.3, 0.4) is 0 Å². The molecule has 1 aromatic heterocycles. The van der Waals surface area contributed by atoms with Crippen molar-refractivity contribution in [2.75, 3.05) is 13.6 Å². The Labute approximate surface area is 133 Å². The molecule has 2 rings (SSSR count). The van der Waals surface area contributed by atoms with Crippen molar-refractivity contribution in [1.82, 2.24) is 10.2 Å². The average Bonchev–Trinajstić information content (AvgIpc) is 2.83. The topological polar surface area (TPSA) is 32.3 Å². The molecule has 0 bridgehead atoms. The van der Waals surface area contributed by atoms with Crippen molar-refractivity contribution < 1.29 is 4.79 Å². The summed E-state index contributed by atoms with van der Waals surface area (Å²) in [6, 6.07) is 4.64. The van der Waals surface area contributed by atoms with Crippen molar-refractivity contribution in [2.24, 2.45) is 5.92 Å². The van der Waals surface area contributed by atoms with Gasteiger partial charge in [-0.05, 0) is 53.2 Å². The monoisotopic (exact) mass is 358 g/mol. The van der Waals surface area contributed by atoms with E-state index in [9.17, 15) is 4.79 Å². The van der Waals surface area contributed by atoms with E-state index in [2.05, 4.69) is 40.3 Å². The van der Waals surface area contributed by atoms with Gasteiger partial charge in [0.2, 0.25) is 0 Å². The number of halogens is 1. The molecule has 2 amide bonds. The quantitative estimate of drug-likeness (QED) is 0.855. The van der Waals surface area contributed by atoms with E-state index in [0.29, 0.717) is 12.6 Å². The van der Waals surface area contributed by atoms with Crippen LogP contribution in [0.2, 0.25) is 0 Å². The molecular formula is C15H23BrN2OS. The van der Waals surface area contributed by atoms with E-state index in [4.69, 9.17) is 0 Å². The number of thiophene rings is 1. The Kier molecular flexibility index (Phi) is 5.90. The number of hydrogen-bond donors (Lipinski definition) is 1. The molecule has 1 aromatic rings. The number of rotatable bonds is 4. The Morgan fingerprint density at radius 2 is 2.30 bits per heavy atom. The van der Waals surface area contributed by atoms with Crippen LogP contribution >= 0.6 is 27.3 Å². The highest BCUT2D eigenvalue weighted by Gasteiger charge is 2.25. The molecule has 0 spiro atoms. The molecule has 1 aliphatic carbocycles. The lowest BCUT2D eigenvalue weighted by Gasteiger charge is -2.34. The minimum Gasteiger partial charge on any atom is -0.338 e. The van der Waals surface area contributed by atoms with E-state index in [0.717, 1.165) is 29.0 Å². The highest BCUT2D eigenvalue weighted by atomic mass is 79.9. The first-order chi connectivity index (χ1) is 9.56. The van der Waals surface area contributed by atoms with Gasteiger partial charge in [-0.3, -0.25) is 0 Å². The van der Waals surface area contributed by atoms with Gasteiger partial charge in [0.15, 0.2) is 0 Å². The van der Waals surface area contributed by atoms with Gasteiger partial charge in [-0.2, -0.15) is 0 Å². The molecule has 2 unspecified atom stereocenters. The minimum atomic E-state index is 0.0692. The van der Waals surface area contributed by atoms with Crippen molar-refractivity contribution in [3.63, 3.8) is 0 Å². The zero-order chi connectivity index (χ0) is 14.5. The van der Waals surface area contributed by atoms with Crippen LogP contribution in [0.4, 0.5) is 4.79 Å². The summed E-state index contributed by atoms with van der Waals surface area (Å²) in [7, 11) is 1.93. The first-order valence-electron chi connectivity index (χ1n) is 7.31. The second kappa shape index (κ2) is 7.46. The molecule has 2 atom stereocenters. The van der Waals surface area contributed by atoms with Gasteiger partial charge in [-0.15, -0.1) is 11.3 Å². The molecule has 0 saturated heterocycles. The van der Waals surface area contributed by atoms with Crippen LogP contribution in [0.1, 0.15) is 37.5 Å². The molecule has 112 valence electrons. The molecule has 1 N–H and O–H groups in total. The number of urea groups is 1. The summed E-state index contributed by atoms with van der Waals surface area (Å²) in [6.45, 7) is 2.99. The average molecular weight is 359 g/mol. The van der Waals surface area contributed by atoms with Crippen LogP contribution in [0.15, 0.2) is 15.9 Å². The third-order valence-corrected chi connectivity index (χ3v) is 5.74. The van der Waals surface area contributed by atoms with Crippen LogP contribution in [-0.4, -0.2) is 30.6 Å². The van der Waals surface area contributed by atoms with Gasteiger partial charge in [0.25, 0.3) is 0 Å². The van der Waals surface area contributed by atoms with Gasteiger partial charge < -0.3 is 10.2 Å². The van der Waals surface area contributed by atoms with E-state index in [-0.39, 0.29) is 6.03 Å². The lowest BCUT2D eigenvalue weighted by Crippen LogP contribution is -2.45. The highest BCUT2D eigenvalue weighted by molar-refractivity contribution is 9.11. The van der Waals surface area contributed by atoms with Crippen LogP contribution < -0.4 is 5.32 Å². The molecule has 0 aromatic carbocycles. The molecule has 3 nitrogen and oxygen atoms in total. The minimum absolute atomic E-state index is 0.0692. The summed E-state index contributed by atoms with van der Waals surface area (Å²) in [6.07, 6.45) is 5.73. The molecular weight excluding hydrogens is 336 g/mol. The van der Waals surface area contributed by atoms with Crippen molar-refractivity contribution in [3.8, 4) is 0 Å². The lowest BCUT2D eigenvalue weighted by molar-refractivity contribution is 0.160. The Hall–Kier alpha value is -0.550. The zero-order valence-corrected chi connectivity index (χ0v) is 14.6. The first kappa shape index (κ1) is 15.8. The number of carbonyl (C=O) groups is 1. The van der Waals surface area contributed by atoms with Gasteiger partial charge in [-0.1, -0.05) is 19.8 Å². The fraction of sp³-hybridized carbons (Fsp3) is 0.667. The Morgan fingerprint density at radius 1 is 1.50 bits per heavy atom. The van der Waals surface area contributed by atoms with Crippen LogP contribution in [-0.2, 0) is 6.42 Å². The third kappa shape index (κ3) is 4.48. The van der Waals surface area contributed by atoms with Gasteiger partial charge in [0.1, 0.15) is 0 Å². The maximum absolute atomic E-state index is 12.2. The normalized spacial score (nSPS) is 22.6. The smallest absolute Gasteiger partial charge is 0.317 e. The fourth-order valence-corrected chi connectivity index (χ4v) is 4.31. The fourth-order valence-electron chi connectivity index (χ4n) is 2.82. The summed E-state index contributed by atoms with van der Waals surface area (Å²) in [4.78, 5) is 15.4. The summed E-state index contributed by atoms with van der Waals surface area (Å²) in [5.41, 5.74) is 0. The molecule has 1 fully saturated rings. The van der Waals surface area contributed by atoms with Gasteiger partial charge >= 0.3 is 6.03 Å². The zero-order valence-electron chi connectivity index (χ0n) is 12.2. The molecule has 1 heterocycles. The third-order valence-electron chi connectivity index (χ3n) is 4.05. The van der Waals surface area contributed by atoms with Gasteiger partial charge in [-0.25, -0.2) is 4.79 Å². The van der Waals surface area contributed by atoms with Crippen LogP contribution in [0.25, 0.3) is 0 Å². The number of nitrogens with zero attached hydrogens (tertiary/aromatic N) is 1. The first-order valence-corrected chi connectivity index (χ1v) is 8.92. The molecule has 5 heteroatoms. The Balaban J connectivity index is 1.73. The molecule has 0 radical (unpaired) electrons. The summed E-state index contributed by atoms with van der Waals surface area (Å²) < 4.78 is 1.15.